The second kappa shape index (κ2) is 7.78. The fourth-order valence-electron chi connectivity index (χ4n) is 1.48. The van der Waals surface area contributed by atoms with Gasteiger partial charge in [0.1, 0.15) is 0 Å². The Hall–Kier alpha value is -2.57. The summed E-state index contributed by atoms with van der Waals surface area (Å²) in [4.78, 5) is 34.2. The minimum absolute atomic E-state index is 0.134. The molecule has 0 spiro atoms. The molecule has 1 rings (SSSR count). The van der Waals surface area contributed by atoms with Gasteiger partial charge in [-0.05, 0) is 19.1 Å². The highest BCUT2D eigenvalue weighted by Gasteiger charge is 2.12. The van der Waals surface area contributed by atoms with Crippen LogP contribution in [0.5, 0.6) is 0 Å². The normalized spacial score (nSPS) is 9.50. The number of para-hydroxylation sites is 1. The smallest absolute Gasteiger partial charge is 0.339 e. The summed E-state index contributed by atoms with van der Waals surface area (Å²) in [6.07, 6.45) is 0. The van der Waals surface area contributed by atoms with Crippen molar-refractivity contribution in [3.63, 3.8) is 0 Å². The van der Waals surface area contributed by atoms with Crippen LogP contribution in [0.15, 0.2) is 24.3 Å². The highest BCUT2D eigenvalue weighted by molar-refractivity contribution is 5.98. The Labute approximate surface area is 116 Å². The van der Waals surface area contributed by atoms with Crippen LogP contribution in [-0.4, -0.2) is 38.1 Å². The first kappa shape index (κ1) is 15.5. The lowest BCUT2D eigenvalue weighted by Gasteiger charge is -2.10. The van der Waals surface area contributed by atoms with Crippen molar-refractivity contribution in [2.75, 3.05) is 25.5 Å². The van der Waals surface area contributed by atoms with E-state index in [1.807, 2.05) is 0 Å². The molecular weight excluding hydrogens is 262 g/mol. The van der Waals surface area contributed by atoms with Gasteiger partial charge >= 0.3 is 12.0 Å². The molecule has 0 aliphatic carbocycles. The van der Waals surface area contributed by atoms with E-state index in [-0.39, 0.29) is 6.54 Å². The maximum atomic E-state index is 11.5. The van der Waals surface area contributed by atoms with Crippen molar-refractivity contribution in [2.24, 2.45) is 0 Å². The molecule has 0 aromatic heterocycles. The highest BCUT2D eigenvalue weighted by Crippen LogP contribution is 2.15. The van der Waals surface area contributed by atoms with Crippen LogP contribution in [0.1, 0.15) is 17.3 Å². The minimum atomic E-state index is -0.555. The molecule has 3 amide bonds. The molecule has 3 N–H and O–H groups in total. The van der Waals surface area contributed by atoms with E-state index in [1.54, 1.807) is 31.2 Å². The molecule has 0 heterocycles. The van der Waals surface area contributed by atoms with Crippen molar-refractivity contribution in [3.8, 4) is 0 Å². The maximum Gasteiger partial charge on any atom is 0.339 e. The van der Waals surface area contributed by atoms with E-state index in [1.165, 1.54) is 7.11 Å². The third kappa shape index (κ3) is 4.60. The first-order valence-electron chi connectivity index (χ1n) is 6.07. The first-order chi connectivity index (χ1) is 9.58. The second-order valence-corrected chi connectivity index (χ2v) is 3.80. The summed E-state index contributed by atoms with van der Waals surface area (Å²) in [7, 11) is 1.28. The summed E-state index contributed by atoms with van der Waals surface area (Å²) >= 11 is 0. The molecule has 7 heteroatoms. The van der Waals surface area contributed by atoms with E-state index in [2.05, 4.69) is 20.7 Å². The Morgan fingerprint density at radius 2 is 1.90 bits per heavy atom. The van der Waals surface area contributed by atoms with Gasteiger partial charge in [-0.3, -0.25) is 10.1 Å². The molecule has 0 unspecified atom stereocenters. The number of ether oxygens (including phenoxy) is 1. The number of imide groups is 1. The van der Waals surface area contributed by atoms with Crippen LogP contribution in [0.2, 0.25) is 0 Å². The van der Waals surface area contributed by atoms with Crippen LogP contribution in [0.4, 0.5) is 10.5 Å². The van der Waals surface area contributed by atoms with Crippen molar-refractivity contribution < 1.29 is 19.1 Å². The Balaban J connectivity index is 2.59. The number of urea groups is 1. The summed E-state index contributed by atoms with van der Waals surface area (Å²) in [5, 5.41) is 7.37. The molecule has 0 bridgehead atoms. The molecule has 0 radical (unpaired) electrons. The number of hydrogen-bond donors (Lipinski definition) is 3. The van der Waals surface area contributed by atoms with E-state index < -0.39 is 17.9 Å². The van der Waals surface area contributed by atoms with Crippen LogP contribution < -0.4 is 16.0 Å². The van der Waals surface area contributed by atoms with Gasteiger partial charge in [0.15, 0.2) is 0 Å². The van der Waals surface area contributed by atoms with Gasteiger partial charge in [0, 0.05) is 12.2 Å². The third-order valence-electron chi connectivity index (χ3n) is 2.36. The van der Waals surface area contributed by atoms with Crippen molar-refractivity contribution in [1.29, 1.82) is 0 Å². The predicted octanol–water partition coefficient (Wildman–Crippen LogP) is 0.731. The number of esters is 1. The molecule has 0 saturated heterocycles. The van der Waals surface area contributed by atoms with Gasteiger partial charge in [0.2, 0.25) is 5.91 Å². The number of carbonyl (C=O) groups excluding carboxylic acids is 3. The average Bonchev–Trinajstić information content (AvgIpc) is 2.44. The molecule has 0 aliphatic heterocycles. The number of rotatable bonds is 5. The van der Waals surface area contributed by atoms with Crippen LogP contribution >= 0.6 is 0 Å². The minimum Gasteiger partial charge on any atom is -0.465 e. The predicted molar refractivity (Wildman–Crippen MR) is 73.5 cm³/mol. The topological polar surface area (TPSA) is 96.5 Å². The summed E-state index contributed by atoms with van der Waals surface area (Å²) in [5.41, 5.74) is 0.784. The van der Waals surface area contributed by atoms with Crippen molar-refractivity contribution >= 4 is 23.6 Å². The lowest BCUT2D eigenvalue weighted by molar-refractivity contribution is -0.118. The molecule has 0 saturated carbocycles. The number of anilines is 1. The Kier molecular flexibility index (Phi) is 6.02. The van der Waals surface area contributed by atoms with Crippen LogP contribution in [0, 0.1) is 0 Å². The van der Waals surface area contributed by atoms with Crippen molar-refractivity contribution in [2.45, 2.75) is 6.92 Å². The van der Waals surface area contributed by atoms with Gasteiger partial charge in [-0.1, -0.05) is 12.1 Å². The number of amides is 3. The third-order valence-corrected chi connectivity index (χ3v) is 2.36. The van der Waals surface area contributed by atoms with Crippen LogP contribution in [0.25, 0.3) is 0 Å². The van der Waals surface area contributed by atoms with Crippen molar-refractivity contribution in [1.82, 2.24) is 10.6 Å². The van der Waals surface area contributed by atoms with Gasteiger partial charge in [-0.2, -0.15) is 0 Å². The zero-order valence-corrected chi connectivity index (χ0v) is 11.4. The summed E-state index contributed by atoms with van der Waals surface area (Å²) in [5.74, 6) is -1.01. The molecule has 108 valence electrons. The Morgan fingerprint density at radius 1 is 1.20 bits per heavy atom. The fourth-order valence-corrected chi connectivity index (χ4v) is 1.48. The summed E-state index contributed by atoms with van der Waals surface area (Å²) < 4.78 is 4.64. The Bertz CT molecular complexity index is 502. The maximum absolute atomic E-state index is 11.5. The average molecular weight is 279 g/mol. The number of carbonyl (C=O) groups is 3. The summed E-state index contributed by atoms with van der Waals surface area (Å²) in [6.45, 7) is 2.04. The number of nitrogens with one attached hydrogen (secondary N) is 3. The molecule has 7 nitrogen and oxygen atoms in total. The fraction of sp³-hybridized carbons (Fsp3) is 0.308. The zero-order valence-electron chi connectivity index (χ0n) is 11.4. The lowest BCUT2D eigenvalue weighted by atomic mass is 10.2. The molecule has 0 fully saturated rings. The standard InChI is InChI=1S/C13H17N3O4/c1-3-14-13(19)16-11(17)8-15-10-7-5-4-6-9(10)12(18)20-2/h4-7,15H,3,8H2,1-2H3,(H2,14,16,17,19). The molecule has 20 heavy (non-hydrogen) atoms. The lowest BCUT2D eigenvalue weighted by Crippen LogP contribution is -2.41. The SMILES string of the molecule is CCNC(=O)NC(=O)CNc1ccccc1C(=O)OC. The molecule has 1 aromatic carbocycles. The summed E-state index contributed by atoms with van der Waals surface area (Å²) in [6, 6.07) is 6.07. The van der Waals surface area contributed by atoms with Gasteiger partial charge < -0.3 is 15.4 Å². The van der Waals surface area contributed by atoms with Crippen molar-refractivity contribution in [3.05, 3.63) is 29.8 Å². The first-order valence-corrected chi connectivity index (χ1v) is 6.07. The number of benzene rings is 1. The van der Waals surface area contributed by atoms with E-state index in [9.17, 15) is 14.4 Å². The van der Waals surface area contributed by atoms with E-state index in [4.69, 9.17) is 0 Å². The number of methoxy groups -OCH3 is 1. The molecule has 1 aromatic rings. The van der Waals surface area contributed by atoms with Gasteiger partial charge in [0.25, 0.3) is 0 Å². The Morgan fingerprint density at radius 3 is 2.55 bits per heavy atom. The zero-order chi connectivity index (χ0) is 15.0. The van der Waals surface area contributed by atoms with Gasteiger partial charge in [0.05, 0.1) is 19.2 Å². The number of hydrogen-bond acceptors (Lipinski definition) is 5. The molecule has 0 atom stereocenters. The monoisotopic (exact) mass is 279 g/mol. The quantitative estimate of drug-likeness (QED) is 0.690. The van der Waals surface area contributed by atoms with E-state index in [0.29, 0.717) is 17.8 Å². The largest absolute Gasteiger partial charge is 0.465 e. The molecule has 0 aliphatic rings. The van der Waals surface area contributed by atoms with Gasteiger partial charge in [-0.25, -0.2) is 9.59 Å². The molecular formula is C13H17N3O4. The highest BCUT2D eigenvalue weighted by atomic mass is 16.5. The van der Waals surface area contributed by atoms with E-state index >= 15 is 0 Å². The van der Waals surface area contributed by atoms with Crippen LogP contribution in [0.3, 0.4) is 0 Å². The van der Waals surface area contributed by atoms with E-state index in [0.717, 1.165) is 0 Å². The van der Waals surface area contributed by atoms with Gasteiger partial charge in [-0.15, -0.1) is 0 Å². The second-order valence-electron chi connectivity index (χ2n) is 3.80. The van der Waals surface area contributed by atoms with Crippen LogP contribution in [-0.2, 0) is 9.53 Å².